The number of hydrogen-bond donors (Lipinski definition) is 1. The first-order chi connectivity index (χ1) is 8.44. The van der Waals surface area contributed by atoms with E-state index >= 15 is 0 Å². The van der Waals surface area contributed by atoms with Crippen LogP contribution in [-0.2, 0) is 4.79 Å². The van der Waals surface area contributed by atoms with Gasteiger partial charge in [-0.2, -0.15) is 0 Å². The molecule has 1 aliphatic heterocycles. The van der Waals surface area contributed by atoms with Crippen LogP contribution in [0.1, 0.15) is 52.9 Å². The smallest absolute Gasteiger partial charge is 0.223 e. The Morgan fingerprint density at radius 3 is 2.44 bits per heavy atom. The Labute approximate surface area is 111 Å². The second-order valence-corrected chi connectivity index (χ2v) is 7.27. The minimum atomic E-state index is 0.0992. The number of nitrogens with one attached hydrogen (secondary N) is 1. The second-order valence-electron chi connectivity index (χ2n) is 7.27. The van der Waals surface area contributed by atoms with Crippen molar-refractivity contribution in [2.75, 3.05) is 19.6 Å². The third-order valence-electron chi connectivity index (χ3n) is 3.81. The van der Waals surface area contributed by atoms with Gasteiger partial charge in [0.1, 0.15) is 0 Å². The van der Waals surface area contributed by atoms with Crippen molar-refractivity contribution in [3.05, 3.63) is 0 Å². The van der Waals surface area contributed by atoms with E-state index in [1.807, 2.05) is 0 Å². The zero-order valence-electron chi connectivity index (χ0n) is 12.2. The molecule has 2 rings (SSSR count). The van der Waals surface area contributed by atoms with Crippen molar-refractivity contribution in [2.24, 2.45) is 11.3 Å². The molecule has 3 heteroatoms. The normalized spacial score (nSPS) is 24.3. The van der Waals surface area contributed by atoms with Crippen LogP contribution < -0.4 is 5.32 Å². The van der Waals surface area contributed by atoms with E-state index < -0.39 is 0 Å². The maximum atomic E-state index is 12.4. The fourth-order valence-corrected chi connectivity index (χ4v) is 2.63. The number of rotatable bonds is 5. The summed E-state index contributed by atoms with van der Waals surface area (Å²) in [4.78, 5) is 14.5. The van der Waals surface area contributed by atoms with Crippen LogP contribution in [0.5, 0.6) is 0 Å². The van der Waals surface area contributed by atoms with Crippen LogP contribution in [0.3, 0.4) is 0 Å². The van der Waals surface area contributed by atoms with E-state index in [-0.39, 0.29) is 5.41 Å². The average molecular weight is 252 g/mol. The monoisotopic (exact) mass is 252 g/mol. The molecule has 2 fully saturated rings. The summed E-state index contributed by atoms with van der Waals surface area (Å²) in [5, 5.41) is 3.50. The first-order valence-electron chi connectivity index (χ1n) is 7.45. The van der Waals surface area contributed by atoms with Crippen molar-refractivity contribution in [3.8, 4) is 0 Å². The lowest BCUT2D eigenvalue weighted by atomic mass is 9.91. The minimum Gasteiger partial charge on any atom is -0.341 e. The Bertz CT molecular complexity index is 285. The Morgan fingerprint density at radius 2 is 1.94 bits per heavy atom. The molecule has 1 saturated heterocycles. The van der Waals surface area contributed by atoms with Gasteiger partial charge in [-0.25, -0.2) is 0 Å². The highest BCUT2D eigenvalue weighted by Gasteiger charge is 2.30. The van der Waals surface area contributed by atoms with Crippen LogP contribution in [0.25, 0.3) is 0 Å². The molecule has 3 nitrogen and oxygen atoms in total. The predicted molar refractivity (Wildman–Crippen MR) is 74.4 cm³/mol. The fraction of sp³-hybridized carbons (Fsp3) is 0.933. The molecule has 0 aromatic rings. The van der Waals surface area contributed by atoms with Crippen LogP contribution in [0.4, 0.5) is 0 Å². The van der Waals surface area contributed by atoms with E-state index in [1.165, 1.54) is 25.7 Å². The van der Waals surface area contributed by atoms with Gasteiger partial charge in [0.15, 0.2) is 0 Å². The quantitative estimate of drug-likeness (QED) is 0.815. The third kappa shape index (κ3) is 4.60. The molecular weight excluding hydrogens is 224 g/mol. The van der Waals surface area contributed by atoms with Crippen molar-refractivity contribution in [2.45, 2.75) is 58.9 Å². The summed E-state index contributed by atoms with van der Waals surface area (Å²) in [5.41, 5.74) is 0.0992. The Morgan fingerprint density at radius 1 is 1.22 bits per heavy atom. The molecule has 1 aliphatic carbocycles. The average Bonchev–Trinajstić information content (AvgIpc) is 2.89. The fourth-order valence-electron chi connectivity index (χ4n) is 2.63. The van der Waals surface area contributed by atoms with Crippen LogP contribution in [0.2, 0.25) is 0 Å². The van der Waals surface area contributed by atoms with Gasteiger partial charge in [-0.1, -0.05) is 20.8 Å². The van der Waals surface area contributed by atoms with E-state index in [0.717, 1.165) is 25.6 Å². The van der Waals surface area contributed by atoms with Gasteiger partial charge in [0.05, 0.1) is 0 Å². The molecule has 1 saturated carbocycles. The van der Waals surface area contributed by atoms with Gasteiger partial charge < -0.3 is 10.2 Å². The molecule has 0 bridgehead atoms. The summed E-state index contributed by atoms with van der Waals surface area (Å²) in [6.07, 6.45) is 5.79. The van der Waals surface area contributed by atoms with Crippen molar-refractivity contribution in [1.29, 1.82) is 0 Å². The Hall–Kier alpha value is -0.570. The maximum Gasteiger partial charge on any atom is 0.223 e. The van der Waals surface area contributed by atoms with Gasteiger partial charge in [0.25, 0.3) is 0 Å². The molecule has 104 valence electrons. The van der Waals surface area contributed by atoms with E-state index in [9.17, 15) is 4.79 Å². The number of nitrogens with zero attached hydrogens (tertiary/aromatic N) is 1. The van der Waals surface area contributed by atoms with Gasteiger partial charge >= 0.3 is 0 Å². The van der Waals surface area contributed by atoms with Gasteiger partial charge in [0, 0.05) is 25.6 Å². The zero-order valence-corrected chi connectivity index (χ0v) is 12.2. The number of carbonyl (C=O) groups excluding carboxylic acids is 1. The summed E-state index contributed by atoms with van der Waals surface area (Å²) in [6, 6.07) is 0.535. The number of carbonyl (C=O) groups is 1. The number of hydrogen-bond acceptors (Lipinski definition) is 2. The first-order valence-corrected chi connectivity index (χ1v) is 7.45. The molecule has 2 aliphatic rings. The van der Waals surface area contributed by atoms with Crippen LogP contribution >= 0.6 is 0 Å². The summed E-state index contributed by atoms with van der Waals surface area (Å²) >= 11 is 0. The number of amides is 1. The summed E-state index contributed by atoms with van der Waals surface area (Å²) in [7, 11) is 0. The Balaban J connectivity index is 1.87. The van der Waals surface area contributed by atoms with Gasteiger partial charge in [-0.05, 0) is 43.6 Å². The zero-order chi connectivity index (χ0) is 13.2. The van der Waals surface area contributed by atoms with E-state index in [0.29, 0.717) is 18.4 Å². The second kappa shape index (κ2) is 5.60. The summed E-state index contributed by atoms with van der Waals surface area (Å²) < 4.78 is 0. The highest BCUT2D eigenvalue weighted by molar-refractivity contribution is 5.76. The topological polar surface area (TPSA) is 32.3 Å². The molecule has 1 N–H and O–H groups in total. The van der Waals surface area contributed by atoms with Gasteiger partial charge in [0.2, 0.25) is 5.91 Å². The lowest BCUT2D eigenvalue weighted by Gasteiger charge is -2.29. The maximum absolute atomic E-state index is 12.4. The standard InChI is InChI=1S/C15H28N2O/c1-15(2,3)9-14(18)17(10-12-6-7-12)11-13-5-4-8-16-13/h12-13,16H,4-11H2,1-3H3. The van der Waals surface area contributed by atoms with Crippen LogP contribution in [0.15, 0.2) is 0 Å². The summed E-state index contributed by atoms with van der Waals surface area (Å²) in [5.74, 6) is 1.14. The molecule has 1 heterocycles. The molecule has 0 radical (unpaired) electrons. The molecule has 0 aromatic heterocycles. The van der Waals surface area contributed by atoms with E-state index in [2.05, 4.69) is 31.0 Å². The van der Waals surface area contributed by atoms with Crippen molar-refractivity contribution in [3.63, 3.8) is 0 Å². The largest absolute Gasteiger partial charge is 0.341 e. The van der Waals surface area contributed by atoms with Crippen molar-refractivity contribution in [1.82, 2.24) is 10.2 Å². The molecule has 1 atom stereocenters. The van der Waals surface area contributed by atoms with Crippen molar-refractivity contribution < 1.29 is 4.79 Å². The van der Waals surface area contributed by atoms with E-state index in [1.54, 1.807) is 0 Å². The highest BCUT2D eigenvalue weighted by atomic mass is 16.2. The molecule has 18 heavy (non-hydrogen) atoms. The van der Waals surface area contributed by atoms with Crippen LogP contribution in [-0.4, -0.2) is 36.5 Å². The highest BCUT2D eigenvalue weighted by Crippen LogP contribution is 2.31. The lowest BCUT2D eigenvalue weighted by Crippen LogP contribution is -2.43. The summed E-state index contributed by atoms with van der Waals surface area (Å²) in [6.45, 7) is 9.48. The lowest BCUT2D eigenvalue weighted by molar-refractivity contribution is -0.133. The van der Waals surface area contributed by atoms with Gasteiger partial charge in [-0.15, -0.1) is 0 Å². The predicted octanol–water partition coefficient (Wildman–Crippen LogP) is 2.41. The van der Waals surface area contributed by atoms with E-state index in [4.69, 9.17) is 0 Å². The molecule has 1 unspecified atom stereocenters. The van der Waals surface area contributed by atoms with Crippen molar-refractivity contribution >= 4 is 5.91 Å². The van der Waals surface area contributed by atoms with Gasteiger partial charge in [-0.3, -0.25) is 4.79 Å². The first kappa shape index (κ1) is 13.9. The SMILES string of the molecule is CC(C)(C)CC(=O)N(CC1CC1)CC1CCCN1. The molecule has 0 aromatic carbocycles. The molecular formula is C15H28N2O. The third-order valence-corrected chi connectivity index (χ3v) is 3.81. The minimum absolute atomic E-state index is 0.0992. The Kier molecular flexibility index (Phi) is 4.31. The van der Waals surface area contributed by atoms with Crippen LogP contribution in [0, 0.1) is 11.3 Å². The molecule has 0 spiro atoms. The molecule has 1 amide bonds.